The van der Waals surface area contributed by atoms with Crippen molar-refractivity contribution in [3.63, 3.8) is 0 Å². The molecule has 1 aliphatic heterocycles. The Morgan fingerprint density at radius 3 is 2.67 bits per heavy atom. The average Bonchev–Trinajstić information content (AvgIpc) is 2.09. The first-order chi connectivity index (χ1) is 5.83. The molecule has 0 radical (unpaired) electrons. The van der Waals surface area contributed by atoms with E-state index >= 15 is 0 Å². The Balaban J connectivity index is 2.05. The molecule has 0 amide bonds. The third-order valence-corrected chi connectivity index (χ3v) is 3.51. The van der Waals surface area contributed by atoms with Gasteiger partial charge in [-0.25, -0.2) is 0 Å². The number of hydrogen-bond donors (Lipinski definition) is 1. The standard InChI is InChI=1S/C8H16FNOS/c9-4-1-5-10-8-2-6-12(11)7-3-8/h8,10H,1-7H2. The lowest BCUT2D eigenvalue weighted by molar-refractivity contribution is 0.422. The highest BCUT2D eigenvalue weighted by Gasteiger charge is 2.16. The Morgan fingerprint density at radius 2 is 2.08 bits per heavy atom. The first kappa shape index (κ1) is 10.1. The third kappa shape index (κ3) is 3.63. The molecule has 1 fully saturated rings. The van der Waals surface area contributed by atoms with E-state index in [4.69, 9.17) is 0 Å². The normalized spacial score (nSPS) is 30.4. The lowest BCUT2D eigenvalue weighted by atomic mass is 10.1. The van der Waals surface area contributed by atoms with Crippen LogP contribution in [-0.2, 0) is 10.8 Å². The van der Waals surface area contributed by atoms with Crippen molar-refractivity contribution in [2.75, 3.05) is 24.7 Å². The topological polar surface area (TPSA) is 29.1 Å². The van der Waals surface area contributed by atoms with Gasteiger partial charge in [0.2, 0.25) is 0 Å². The molecule has 1 rings (SSSR count). The largest absolute Gasteiger partial charge is 0.314 e. The van der Waals surface area contributed by atoms with Gasteiger partial charge in [0.1, 0.15) is 0 Å². The van der Waals surface area contributed by atoms with E-state index in [-0.39, 0.29) is 6.67 Å². The molecule has 0 spiro atoms. The molecule has 2 nitrogen and oxygen atoms in total. The summed E-state index contributed by atoms with van der Waals surface area (Å²) in [6, 6.07) is 0.481. The van der Waals surface area contributed by atoms with E-state index in [0.717, 1.165) is 30.9 Å². The molecular formula is C8H16FNOS. The van der Waals surface area contributed by atoms with Crippen LogP contribution in [0.15, 0.2) is 0 Å². The van der Waals surface area contributed by atoms with E-state index in [1.165, 1.54) is 0 Å². The molecular weight excluding hydrogens is 177 g/mol. The highest BCUT2D eigenvalue weighted by molar-refractivity contribution is 7.85. The molecule has 0 aromatic heterocycles. The molecule has 0 bridgehead atoms. The first-order valence-electron chi connectivity index (χ1n) is 4.47. The molecule has 4 heteroatoms. The molecule has 1 saturated heterocycles. The maximum atomic E-state index is 11.7. The summed E-state index contributed by atoms with van der Waals surface area (Å²) < 4.78 is 22.7. The van der Waals surface area contributed by atoms with Gasteiger partial charge in [-0.2, -0.15) is 0 Å². The summed E-state index contributed by atoms with van der Waals surface area (Å²) in [5, 5.41) is 3.27. The zero-order valence-corrected chi connectivity index (χ0v) is 8.04. The summed E-state index contributed by atoms with van der Waals surface area (Å²) in [5.74, 6) is 1.63. The van der Waals surface area contributed by atoms with E-state index in [0.29, 0.717) is 12.5 Å². The quantitative estimate of drug-likeness (QED) is 0.671. The second-order valence-corrected chi connectivity index (χ2v) is 4.82. The smallest absolute Gasteiger partial charge is 0.0906 e. The minimum absolute atomic E-state index is 0.244. The van der Waals surface area contributed by atoms with Gasteiger partial charge in [0.15, 0.2) is 0 Å². The predicted octanol–water partition coefficient (Wildman–Crippen LogP) is 0.847. The lowest BCUT2D eigenvalue weighted by Gasteiger charge is -2.22. The number of halogens is 1. The van der Waals surface area contributed by atoms with Crippen LogP contribution in [-0.4, -0.2) is 35.0 Å². The zero-order valence-electron chi connectivity index (χ0n) is 7.22. The molecule has 0 aliphatic carbocycles. The molecule has 0 aromatic carbocycles. The summed E-state index contributed by atoms with van der Waals surface area (Å²) >= 11 is 0. The summed E-state index contributed by atoms with van der Waals surface area (Å²) in [5.41, 5.74) is 0. The van der Waals surface area contributed by atoms with Crippen molar-refractivity contribution < 1.29 is 8.60 Å². The van der Waals surface area contributed by atoms with Gasteiger partial charge >= 0.3 is 0 Å². The first-order valence-corrected chi connectivity index (χ1v) is 5.96. The summed E-state index contributed by atoms with van der Waals surface area (Å²) in [4.78, 5) is 0. The van der Waals surface area contributed by atoms with Gasteiger partial charge in [-0.05, 0) is 25.8 Å². The Bertz CT molecular complexity index is 144. The number of nitrogens with one attached hydrogen (secondary N) is 1. The molecule has 72 valence electrons. The Morgan fingerprint density at radius 1 is 1.42 bits per heavy atom. The zero-order chi connectivity index (χ0) is 8.81. The van der Waals surface area contributed by atoms with Crippen LogP contribution in [0.1, 0.15) is 19.3 Å². The van der Waals surface area contributed by atoms with Crippen LogP contribution < -0.4 is 5.32 Å². The van der Waals surface area contributed by atoms with Gasteiger partial charge in [-0.15, -0.1) is 0 Å². The van der Waals surface area contributed by atoms with Crippen LogP contribution in [0, 0.1) is 0 Å². The maximum Gasteiger partial charge on any atom is 0.0906 e. The highest BCUT2D eigenvalue weighted by Crippen LogP contribution is 2.08. The van der Waals surface area contributed by atoms with Gasteiger partial charge in [-0.1, -0.05) is 0 Å². The summed E-state index contributed by atoms with van der Waals surface area (Å²) in [6.45, 7) is 0.513. The van der Waals surface area contributed by atoms with Crippen molar-refractivity contribution in [3.05, 3.63) is 0 Å². The molecule has 0 aromatic rings. The SMILES string of the molecule is O=S1CCC(NCCCF)CC1. The van der Waals surface area contributed by atoms with E-state index < -0.39 is 10.8 Å². The Labute approximate surface area is 75.4 Å². The van der Waals surface area contributed by atoms with Crippen molar-refractivity contribution in [1.29, 1.82) is 0 Å². The minimum Gasteiger partial charge on any atom is -0.314 e. The van der Waals surface area contributed by atoms with Crippen LogP contribution >= 0.6 is 0 Å². The van der Waals surface area contributed by atoms with Crippen molar-refractivity contribution in [1.82, 2.24) is 5.32 Å². The monoisotopic (exact) mass is 193 g/mol. The van der Waals surface area contributed by atoms with E-state index in [1.54, 1.807) is 0 Å². The van der Waals surface area contributed by atoms with Gasteiger partial charge < -0.3 is 5.32 Å². The predicted molar refractivity (Wildman–Crippen MR) is 49.5 cm³/mol. The van der Waals surface area contributed by atoms with Crippen LogP contribution in [0.2, 0.25) is 0 Å². The van der Waals surface area contributed by atoms with Gasteiger partial charge in [0.25, 0.3) is 0 Å². The molecule has 0 saturated carbocycles. The minimum atomic E-state index is -0.582. The van der Waals surface area contributed by atoms with Crippen molar-refractivity contribution in [2.45, 2.75) is 25.3 Å². The van der Waals surface area contributed by atoms with Crippen LogP contribution in [0.3, 0.4) is 0 Å². The third-order valence-electron chi connectivity index (χ3n) is 2.13. The Hall–Kier alpha value is 0.0400. The van der Waals surface area contributed by atoms with E-state index in [2.05, 4.69) is 5.32 Å². The average molecular weight is 193 g/mol. The second-order valence-electron chi connectivity index (χ2n) is 3.12. The second kappa shape index (κ2) is 5.65. The fourth-order valence-electron chi connectivity index (χ4n) is 1.37. The Kier molecular flexibility index (Phi) is 4.76. The number of hydrogen-bond acceptors (Lipinski definition) is 2. The molecule has 0 unspecified atom stereocenters. The fraction of sp³-hybridized carbons (Fsp3) is 1.00. The molecule has 1 heterocycles. The summed E-state index contributed by atoms with van der Waals surface area (Å²) in [7, 11) is -0.582. The molecule has 1 aliphatic rings. The fourth-order valence-corrected chi connectivity index (χ4v) is 2.67. The van der Waals surface area contributed by atoms with Crippen molar-refractivity contribution in [2.24, 2.45) is 0 Å². The van der Waals surface area contributed by atoms with Gasteiger partial charge in [-0.3, -0.25) is 8.60 Å². The molecule has 0 atom stereocenters. The summed E-state index contributed by atoms with van der Waals surface area (Å²) in [6.07, 6.45) is 2.57. The molecule has 1 N–H and O–H groups in total. The highest BCUT2D eigenvalue weighted by atomic mass is 32.2. The number of alkyl halides is 1. The number of rotatable bonds is 4. The van der Waals surface area contributed by atoms with Crippen molar-refractivity contribution in [3.8, 4) is 0 Å². The lowest BCUT2D eigenvalue weighted by Crippen LogP contribution is -2.36. The van der Waals surface area contributed by atoms with Crippen molar-refractivity contribution >= 4 is 10.8 Å². The van der Waals surface area contributed by atoms with Crippen LogP contribution in [0.4, 0.5) is 4.39 Å². The van der Waals surface area contributed by atoms with E-state index in [1.807, 2.05) is 0 Å². The van der Waals surface area contributed by atoms with Gasteiger partial charge in [0, 0.05) is 28.3 Å². The van der Waals surface area contributed by atoms with Gasteiger partial charge in [0.05, 0.1) is 6.67 Å². The van der Waals surface area contributed by atoms with Crippen LogP contribution in [0.5, 0.6) is 0 Å². The van der Waals surface area contributed by atoms with Crippen LogP contribution in [0.25, 0.3) is 0 Å². The maximum absolute atomic E-state index is 11.7. The van der Waals surface area contributed by atoms with E-state index in [9.17, 15) is 8.60 Å². The molecule has 12 heavy (non-hydrogen) atoms.